The van der Waals surface area contributed by atoms with Crippen molar-refractivity contribution in [1.29, 1.82) is 0 Å². The van der Waals surface area contributed by atoms with Crippen LogP contribution in [0, 0.1) is 13.8 Å². The number of aliphatic hydroxyl groups excluding tert-OH is 1. The number of esters is 1. The molecule has 5 heteroatoms. The standard InChI is InChI=1S/C18H19NO4/c1-12-4-3-5-13(2)17(12)19-16(21)11-23-18(22)15-8-6-14(10-20)7-9-15/h3-9,20H,10-11H2,1-2H3,(H,19,21). The summed E-state index contributed by atoms with van der Waals surface area (Å²) in [6.45, 7) is 3.36. The van der Waals surface area contributed by atoms with Crippen LogP contribution in [0.1, 0.15) is 27.0 Å². The third-order valence-electron chi connectivity index (χ3n) is 3.45. The number of benzene rings is 2. The minimum absolute atomic E-state index is 0.0898. The normalized spacial score (nSPS) is 10.2. The van der Waals surface area contributed by atoms with Crippen LogP contribution >= 0.6 is 0 Å². The first-order valence-corrected chi connectivity index (χ1v) is 7.24. The summed E-state index contributed by atoms with van der Waals surface area (Å²) in [6, 6.07) is 12.1. The summed E-state index contributed by atoms with van der Waals surface area (Å²) in [7, 11) is 0. The van der Waals surface area contributed by atoms with Gasteiger partial charge in [0.15, 0.2) is 6.61 Å². The molecule has 0 heterocycles. The quantitative estimate of drug-likeness (QED) is 0.832. The molecular formula is C18H19NO4. The second-order valence-electron chi connectivity index (χ2n) is 5.25. The largest absolute Gasteiger partial charge is 0.452 e. The monoisotopic (exact) mass is 313 g/mol. The number of rotatable bonds is 5. The third kappa shape index (κ3) is 4.40. The molecule has 0 saturated heterocycles. The van der Waals surface area contributed by atoms with E-state index < -0.39 is 5.97 Å². The van der Waals surface area contributed by atoms with Gasteiger partial charge in [-0.15, -0.1) is 0 Å². The maximum Gasteiger partial charge on any atom is 0.338 e. The van der Waals surface area contributed by atoms with Gasteiger partial charge in [-0.05, 0) is 42.7 Å². The van der Waals surface area contributed by atoms with E-state index in [0.29, 0.717) is 11.1 Å². The molecule has 0 aliphatic heterocycles. The van der Waals surface area contributed by atoms with Crippen LogP contribution in [0.4, 0.5) is 5.69 Å². The highest BCUT2D eigenvalue weighted by Crippen LogP contribution is 2.19. The molecule has 5 nitrogen and oxygen atoms in total. The molecule has 0 fully saturated rings. The number of carbonyl (C=O) groups is 2. The molecular weight excluding hydrogens is 294 g/mol. The molecule has 0 saturated carbocycles. The molecule has 2 rings (SSSR count). The zero-order valence-electron chi connectivity index (χ0n) is 13.1. The van der Waals surface area contributed by atoms with Gasteiger partial charge in [-0.1, -0.05) is 30.3 Å². The van der Waals surface area contributed by atoms with Crippen LogP contribution in [0.25, 0.3) is 0 Å². The molecule has 0 aromatic heterocycles. The highest BCUT2D eigenvalue weighted by molar-refractivity contribution is 5.96. The van der Waals surface area contributed by atoms with Crippen molar-refractivity contribution in [2.75, 3.05) is 11.9 Å². The highest BCUT2D eigenvalue weighted by Gasteiger charge is 2.12. The minimum atomic E-state index is -0.578. The van der Waals surface area contributed by atoms with Crippen LogP contribution in [0.2, 0.25) is 0 Å². The van der Waals surface area contributed by atoms with Crippen LogP contribution in [-0.4, -0.2) is 23.6 Å². The van der Waals surface area contributed by atoms with Crippen LogP contribution in [0.5, 0.6) is 0 Å². The summed E-state index contributed by atoms with van der Waals surface area (Å²) in [5.41, 5.74) is 3.67. The molecule has 23 heavy (non-hydrogen) atoms. The molecule has 2 aromatic rings. The van der Waals surface area contributed by atoms with Crippen LogP contribution < -0.4 is 5.32 Å². The Hall–Kier alpha value is -2.66. The number of aliphatic hydroxyl groups is 1. The number of amides is 1. The lowest BCUT2D eigenvalue weighted by Gasteiger charge is -2.11. The lowest BCUT2D eigenvalue weighted by Crippen LogP contribution is -2.21. The van der Waals surface area contributed by atoms with Gasteiger partial charge in [-0.2, -0.15) is 0 Å². The van der Waals surface area contributed by atoms with Crippen LogP contribution in [0.15, 0.2) is 42.5 Å². The van der Waals surface area contributed by atoms with Crippen LogP contribution in [0.3, 0.4) is 0 Å². The summed E-state index contributed by atoms with van der Waals surface area (Å²) < 4.78 is 5.00. The fourth-order valence-electron chi connectivity index (χ4n) is 2.15. The number of nitrogens with one attached hydrogen (secondary N) is 1. The first-order valence-electron chi connectivity index (χ1n) is 7.24. The Kier molecular flexibility index (Phi) is 5.49. The van der Waals surface area contributed by atoms with E-state index in [2.05, 4.69) is 5.32 Å². The number of carbonyl (C=O) groups excluding carboxylic acids is 2. The fourth-order valence-corrected chi connectivity index (χ4v) is 2.15. The van der Waals surface area contributed by atoms with Gasteiger partial charge >= 0.3 is 5.97 Å². The van der Waals surface area contributed by atoms with Crippen molar-refractivity contribution in [3.05, 3.63) is 64.7 Å². The predicted molar refractivity (Wildman–Crippen MR) is 87.2 cm³/mol. The maximum atomic E-state index is 11.9. The number of para-hydroxylation sites is 1. The molecule has 0 spiro atoms. The average molecular weight is 313 g/mol. The first-order chi connectivity index (χ1) is 11.0. The van der Waals surface area contributed by atoms with Gasteiger partial charge < -0.3 is 15.2 Å². The van der Waals surface area contributed by atoms with Crippen molar-refractivity contribution in [1.82, 2.24) is 0 Å². The smallest absolute Gasteiger partial charge is 0.338 e. The first kappa shape index (κ1) is 16.7. The molecule has 0 atom stereocenters. The van der Waals surface area contributed by atoms with Crippen molar-refractivity contribution in [3.8, 4) is 0 Å². The molecule has 120 valence electrons. The van der Waals surface area contributed by atoms with Crippen molar-refractivity contribution in [2.45, 2.75) is 20.5 Å². The summed E-state index contributed by atoms with van der Waals surface area (Å²) in [4.78, 5) is 23.8. The van der Waals surface area contributed by atoms with E-state index >= 15 is 0 Å². The summed E-state index contributed by atoms with van der Waals surface area (Å²) in [5, 5.41) is 11.7. The Balaban J connectivity index is 1.92. The number of hydrogen-bond donors (Lipinski definition) is 2. The van der Waals surface area contributed by atoms with E-state index in [9.17, 15) is 9.59 Å². The van der Waals surface area contributed by atoms with E-state index in [1.54, 1.807) is 24.3 Å². The molecule has 2 N–H and O–H groups in total. The Morgan fingerprint density at radius 1 is 1.04 bits per heavy atom. The third-order valence-corrected chi connectivity index (χ3v) is 3.45. The SMILES string of the molecule is Cc1cccc(C)c1NC(=O)COC(=O)c1ccc(CO)cc1. The lowest BCUT2D eigenvalue weighted by molar-refractivity contribution is -0.119. The number of ether oxygens (including phenoxy) is 1. The molecule has 0 bridgehead atoms. The molecule has 2 aromatic carbocycles. The van der Waals surface area contributed by atoms with Gasteiger partial charge in [-0.25, -0.2) is 4.79 Å². The van der Waals surface area contributed by atoms with Gasteiger partial charge in [0.2, 0.25) is 0 Å². The fraction of sp³-hybridized carbons (Fsp3) is 0.222. The number of anilines is 1. The second-order valence-corrected chi connectivity index (χ2v) is 5.25. The average Bonchev–Trinajstić information content (AvgIpc) is 2.56. The van der Waals surface area contributed by atoms with Crippen molar-refractivity contribution in [3.63, 3.8) is 0 Å². The maximum absolute atomic E-state index is 11.9. The van der Waals surface area contributed by atoms with E-state index in [0.717, 1.165) is 16.8 Å². The Labute approximate surface area is 134 Å². The summed E-state index contributed by atoms with van der Waals surface area (Å²) in [6.07, 6.45) is 0. The van der Waals surface area contributed by atoms with Gasteiger partial charge in [0.1, 0.15) is 0 Å². The molecule has 0 radical (unpaired) electrons. The number of aryl methyl sites for hydroxylation is 2. The van der Waals surface area contributed by atoms with Crippen molar-refractivity contribution in [2.24, 2.45) is 0 Å². The zero-order chi connectivity index (χ0) is 16.8. The molecule has 0 aliphatic rings. The lowest BCUT2D eigenvalue weighted by atomic mass is 10.1. The summed E-state index contributed by atoms with van der Waals surface area (Å²) in [5.74, 6) is -0.964. The van der Waals surface area contributed by atoms with Crippen molar-refractivity contribution < 1.29 is 19.4 Å². The van der Waals surface area contributed by atoms with Crippen molar-refractivity contribution >= 4 is 17.6 Å². The minimum Gasteiger partial charge on any atom is -0.452 e. The van der Waals surface area contributed by atoms with Gasteiger partial charge in [-0.3, -0.25) is 4.79 Å². The van der Waals surface area contributed by atoms with E-state index in [-0.39, 0.29) is 19.1 Å². The van der Waals surface area contributed by atoms with E-state index in [1.165, 1.54) is 0 Å². The van der Waals surface area contributed by atoms with E-state index in [4.69, 9.17) is 9.84 Å². The second kappa shape index (κ2) is 7.56. The predicted octanol–water partition coefficient (Wildman–Crippen LogP) is 2.59. The Morgan fingerprint density at radius 2 is 1.65 bits per heavy atom. The van der Waals surface area contributed by atoms with E-state index in [1.807, 2.05) is 32.0 Å². The Bertz CT molecular complexity index is 687. The molecule has 1 amide bonds. The topological polar surface area (TPSA) is 75.6 Å². The van der Waals surface area contributed by atoms with Gasteiger partial charge in [0.05, 0.1) is 12.2 Å². The zero-order valence-corrected chi connectivity index (χ0v) is 13.1. The van der Waals surface area contributed by atoms with Gasteiger partial charge in [0.25, 0.3) is 5.91 Å². The van der Waals surface area contributed by atoms with Crippen LogP contribution in [-0.2, 0) is 16.1 Å². The molecule has 0 unspecified atom stereocenters. The molecule has 0 aliphatic carbocycles. The Morgan fingerprint density at radius 3 is 2.22 bits per heavy atom. The number of hydrogen-bond acceptors (Lipinski definition) is 4. The highest BCUT2D eigenvalue weighted by atomic mass is 16.5. The summed E-state index contributed by atoms with van der Waals surface area (Å²) >= 11 is 0. The van der Waals surface area contributed by atoms with Gasteiger partial charge in [0, 0.05) is 5.69 Å².